The molecule has 0 aliphatic heterocycles. The van der Waals surface area contributed by atoms with Crippen molar-refractivity contribution in [3.05, 3.63) is 111 Å². The fourth-order valence-corrected chi connectivity index (χ4v) is 8.86. The Labute approximate surface area is 268 Å². The predicted octanol–water partition coefficient (Wildman–Crippen LogP) is 11.5. The summed E-state index contributed by atoms with van der Waals surface area (Å²) in [5, 5.41) is 9.28. The summed E-state index contributed by atoms with van der Waals surface area (Å²) < 4.78 is 2.46. The summed E-state index contributed by atoms with van der Waals surface area (Å²) in [5.74, 6) is 0. The molecule has 3 aromatic heterocycles. The van der Waals surface area contributed by atoms with Gasteiger partial charge < -0.3 is 4.90 Å². The van der Waals surface area contributed by atoms with Crippen LogP contribution >= 0.6 is 22.7 Å². The van der Waals surface area contributed by atoms with E-state index in [1.807, 2.05) is 17.4 Å². The average molecular weight is 613 g/mol. The number of anilines is 3. The topological polar surface area (TPSA) is 44.3 Å². The minimum Gasteiger partial charge on any atom is -0.310 e. The molecule has 220 valence electrons. The lowest BCUT2D eigenvalue weighted by Crippen LogP contribution is -2.22. The molecule has 0 spiro atoms. The van der Waals surface area contributed by atoms with Crippen molar-refractivity contribution in [2.24, 2.45) is 0 Å². The Hall–Kier alpha value is -4.23. The zero-order valence-corrected chi connectivity index (χ0v) is 28.2. The molecule has 0 unspecified atom stereocenters. The zero-order valence-electron chi connectivity index (χ0n) is 26.5. The first-order valence-electron chi connectivity index (χ1n) is 14.8. The standard InChI is InChI=1S/C38H36N4S2/c1-36(2,3)31-19-26(20-32(41-31)37(4,5)6)42(24-13-11-10-12-14-24)25-15-16-28-29(18-25)38(7,8)33-34(28)44-30-21-27(43-35(30)33)17-23(22-39)40-9/h10-21H,1-8H3/b23-17-. The summed E-state index contributed by atoms with van der Waals surface area (Å²) in [6.07, 6.45) is 1.70. The molecule has 0 atom stereocenters. The average Bonchev–Trinajstić information content (AvgIpc) is 3.59. The van der Waals surface area contributed by atoms with Crippen LogP contribution in [0.15, 0.2) is 72.4 Å². The number of allylic oxidation sites excluding steroid dienone is 1. The maximum absolute atomic E-state index is 9.28. The number of para-hydroxylation sites is 1. The number of rotatable bonds is 4. The maximum atomic E-state index is 9.28. The predicted molar refractivity (Wildman–Crippen MR) is 187 cm³/mol. The van der Waals surface area contributed by atoms with Crippen molar-refractivity contribution >= 4 is 55.2 Å². The number of aromatic nitrogens is 1. The fraction of sp³-hybridized carbons (Fsp3) is 0.289. The van der Waals surface area contributed by atoms with E-state index in [0.29, 0.717) is 0 Å². The Kier molecular flexibility index (Phi) is 7.08. The summed E-state index contributed by atoms with van der Waals surface area (Å²) in [6.45, 7) is 25.3. The van der Waals surface area contributed by atoms with Crippen molar-refractivity contribution in [2.75, 3.05) is 4.90 Å². The van der Waals surface area contributed by atoms with Gasteiger partial charge in [0.1, 0.15) is 0 Å². The van der Waals surface area contributed by atoms with Gasteiger partial charge >= 0.3 is 0 Å². The molecule has 0 amide bonds. The minimum absolute atomic E-state index is 0.102. The summed E-state index contributed by atoms with van der Waals surface area (Å²) in [7, 11) is 0. The summed E-state index contributed by atoms with van der Waals surface area (Å²) in [6, 6.07) is 26.1. The van der Waals surface area contributed by atoms with E-state index in [2.05, 4.69) is 132 Å². The second kappa shape index (κ2) is 10.4. The molecule has 0 radical (unpaired) electrons. The van der Waals surface area contributed by atoms with Crippen LogP contribution in [0.25, 0.3) is 30.8 Å². The van der Waals surface area contributed by atoms with Gasteiger partial charge in [-0.3, -0.25) is 4.98 Å². The highest BCUT2D eigenvalue weighted by molar-refractivity contribution is 7.30. The van der Waals surface area contributed by atoms with Gasteiger partial charge in [0.05, 0.1) is 17.3 Å². The van der Waals surface area contributed by atoms with Crippen LogP contribution < -0.4 is 4.90 Å². The van der Waals surface area contributed by atoms with E-state index in [4.69, 9.17) is 11.6 Å². The van der Waals surface area contributed by atoms with E-state index in [0.717, 1.165) is 33.3 Å². The monoisotopic (exact) mass is 612 g/mol. The largest absolute Gasteiger partial charge is 0.310 e. The van der Waals surface area contributed by atoms with E-state index in [1.54, 1.807) is 17.4 Å². The van der Waals surface area contributed by atoms with Crippen LogP contribution in [0.2, 0.25) is 0 Å². The number of nitrogens with zero attached hydrogens (tertiary/aromatic N) is 4. The van der Waals surface area contributed by atoms with Gasteiger partial charge in [-0.05, 0) is 65.2 Å². The van der Waals surface area contributed by atoms with Crippen LogP contribution in [-0.4, -0.2) is 4.98 Å². The molecule has 5 aromatic rings. The lowest BCUT2D eigenvalue weighted by Gasteiger charge is -2.31. The van der Waals surface area contributed by atoms with Crippen LogP contribution in [0.1, 0.15) is 82.8 Å². The van der Waals surface area contributed by atoms with Crippen LogP contribution in [0, 0.1) is 17.9 Å². The third kappa shape index (κ3) is 5.03. The minimum atomic E-state index is -0.212. The third-order valence-corrected chi connectivity index (χ3v) is 10.7. The molecular formula is C38H36N4S2. The van der Waals surface area contributed by atoms with Crippen molar-refractivity contribution in [1.29, 1.82) is 5.26 Å². The van der Waals surface area contributed by atoms with Gasteiger partial charge in [0.2, 0.25) is 0 Å². The molecule has 0 fully saturated rings. The van der Waals surface area contributed by atoms with E-state index in [-0.39, 0.29) is 21.9 Å². The third-order valence-electron chi connectivity index (χ3n) is 8.32. The Morgan fingerprint density at radius 3 is 2.14 bits per heavy atom. The molecule has 3 heterocycles. The number of pyridine rings is 1. The Bertz CT molecular complexity index is 1980. The molecular weight excluding hydrogens is 577 g/mol. The molecule has 4 nitrogen and oxygen atoms in total. The number of nitriles is 1. The molecule has 1 aliphatic carbocycles. The molecule has 0 bridgehead atoms. The molecule has 0 N–H and O–H groups in total. The molecule has 0 saturated carbocycles. The summed E-state index contributed by atoms with van der Waals surface area (Å²) in [4.78, 5) is 13.1. The van der Waals surface area contributed by atoms with Gasteiger partial charge in [0.15, 0.2) is 0 Å². The molecule has 1 aliphatic rings. The number of hydrogen-bond acceptors (Lipinski definition) is 5. The summed E-state index contributed by atoms with van der Waals surface area (Å²) >= 11 is 3.49. The molecule has 0 saturated heterocycles. The smallest absolute Gasteiger partial charge is 0.263 e. The number of fused-ring (bicyclic) bond motifs is 5. The quantitative estimate of drug-likeness (QED) is 0.150. The highest BCUT2D eigenvalue weighted by Gasteiger charge is 2.40. The normalized spacial score (nSPS) is 14.2. The van der Waals surface area contributed by atoms with Crippen LogP contribution in [0.4, 0.5) is 17.1 Å². The zero-order chi connectivity index (χ0) is 31.6. The summed E-state index contributed by atoms with van der Waals surface area (Å²) in [5.41, 5.74) is 9.12. The first-order chi connectivity index (χ1) is 20.7. The van der Waals surface area contributed by atoms with Crippen LogP contribution in [0.5, 0.6) is 0 Å². The molecule has 2 aromatic carbocycles. The molecule has 6 rings (SSSR count). The lowest BCUT2D eigenvalue weighted by atomic mass is 9.82. The van der Waals surface area contributed by atoms with Gasteiger partial charge in [-0.1, -0.05) is 79.7 Å². The van der Waals surface area contributed by atoms with Crippen LogP contribution in [0.3, 0.4) is 0 Å². The van der Waals surface area contributed by atoms with Crippen LogP contribution in [-0.2, 0) is 16.2 Å². The highest BCUT2D eigenvalue weighted by Crippen LogP contribution is 2.58. The first kappa shape index (κ1) is 29.8. The van der Waals surface area contributed by atoms with Gasteiger partial charge in [-0.15, -0.1) is 22.7 Å². The van der Waals surface area contributed by atoms with E-state index < -0.39 is 0 Å². The van der Waals surface area contributed by atoms with Crippen molar-refractivity contribution < 1.29 is 0 Å². The Balaban J connectivity index is 1.52. The SMILES string of the molecule is [C-]#[N+]/C(C#N)=C\c1cc2sc3c(c2s1)C(C)(C)c1cc(N(c2ccccc2)c2cc(C(C)(C)C)nc(C(C)(C)C)c2)ccc1-3. The van der Waals surface area contributed by atoms with E-state index >= 15 is 0 Å². The van der Waals surface area contributed by atoms with Gasteiger partial charge in [-0.25, -0.2) is 10.1 Å². The van der Waals surface area contributed by atoms with Crippen molar-refractivity contribution in [2.45, 2.75) is 71.6 Å². The van der Waals surface area contributed by atoms with Gasteiger partial charge in [0.25, 0.3) is 5.70 Å². The number of hydrogen-bond donors (Lipinski definition) is 0. The molecule has 44 heavy (non-hydrogen) atoms. The molecule has 6 heteroatoms. The number of benzene rings is 2. The van der Waals surface area contributed by atoms with Gasteiger partial charge in [0, 0.05) is 59.1 Å². The maximum Gasteiger partial charge on any atom is 0.263 e. The Morgan fingerprint density at radius 2 is 1.55 bits per heavy atom. The van der Waals surface area contributed by atoms with Crippen molar-refractivity contribution in [1.82, 2.24) is 4.98 Å². The number of thiophene rings is 2. The Morgan fingerprint density at radius 1 is 0.886 bits per heavy atom. The second-order valence-corrected chi connectivity index (χ2v) is 16.2. The van der Waals surface area contributed by atoms with E-state index in [1.165, 1.54) is 31.0 Å². The second-order valence-electron chi connectivity index (χ2n) is 14.0. The lowest BCUT2D eigenvalue weighted by molar-refractivity contribution is 0.531. The fourth-order valence-electron chi connectivity index (χ4n) is 5.92. The van der Waals surface area contributed by atoms with Crippen molar-refractivity contribution in [3.63, 3.8) is 0 Å². The van der Waals surface area contributed by atoms with Crippen molar-refractivity contribution in [3.8, 4) is 16.5 Å². The first-order valence-corrected chi connectivity index (χ1v) is 16.4. The highest BCUT2D eigenvalue weighted by atomic mass is 32.1. The van der Waals surface area contributed by atoms with E-state index in [9.17, 15) is 5.26 Å². The van der Waals surface area contributed by atoms with Gasteiger partial charge in [-0.2, -0.15) is 0 Å².